The molecule has 0 aliphatic rings. The van der Waals surface area contributed by atoms with Crippen LogP contribution in [0, 0.1) is 0 Å². The third-order valence-electron chi connectivity index (χ3n) is 3.55. The van der Waals surface area contributed by atoms with Gasteiger partial charge in [-0.05, 0) is 41.6 Å². The lowest BCUT2D eigenvalue weighted by Gasteiger charge is -2.32. The second-order valence-corrected chi connectivity index (χ2v) is 14.1. The van der Waals surface area contributed by atoms with Crippen molar-refractivity contribution in [2.45, 2.75) is 56.5 Å². The summed E-state index contributed by atoms with van der Waals surface area (Å²) >= 11 is 1.46. The van der Waals surface area contributed by atoms with Gasteiger partial charge in [-0.1, -0.05) is 27.7 Å². The molecule has 0 radical (unpaired) electrons. The Hall–Kier alpha value is -0.173. The standard InChI is InChI=1S/C12H24N2OS2Si/c1-7-10-8-9-16-11(10)17(13,15)14-18(5,6)12(2,3)4/h8-9H,7H2,1-6H3,(H2,13,14,15). The van der Waals surface area contributed by atoms with E-state index >= 15 is 0 Å². The molecule has 1 unspecified atom stereocenters. The van der Waals surface area contributed by atoms with Gasteiger partial charge in [-0.25, -0.2) is 9.35 Å². The summed E-state index contributed by atoms with van der Waals surface area (Å²) in [4.78, 5) is 0. The summed E-state index contributed by atoms with van der Waals surface area (Å²) in [5.74, 6) is 0. The first kappa shape index (κ1) is 15.9. The Morgan fingerprint density at radius 3 is 2.44 bits per heavy atom. The molecule has 1 aromatic rings. The average Bonchev–Trinajstić information content (AvgIpc) is 2.62. The fraction of sp³-hybridized carbons (Fsp3) is 0.667. The van der Waals surface area contributed by atoms with E-state index < -0.39 is 18.2 Å². The minimum absolute atomic E-state index is 0.0542. The van der Waals surface area contributed by atoms with Crippen LogP contribution in [0.5, 0.6) is 0 Å². The summed E-state index contributed by atoms with van der Waals surface area (Å²) in [6.45, 7) is 12.7. The SMILES string of the molecule is CCc1ccsc1S(N)(=O)=N[Si](C)(C)C(C)(C)C. The van der Waals surface area contributed by atoms with Crippen LogP contribution in [0.25, 0.3) is 0 Å². The average molecular weight is 305 g/mol. The van der Waals surface area contributed by atoms with Gasteiger partial charge < -0.3 is 0 Å². The Labute approximate surface area is 116 Å². The molecule has 2 N–H and O–H groups in total. The van der Waals surface area contributed by atoms with Crippen molar-refractivity contribution in [3.63, 3.8) is 0 Å². The Morgan fingerprint density at radius 2 is 2.00 bits per heavy atom. The number of nitrogens with zero attached hydrogens (tertiary/aromatic N) is 1. The van der Waals surface area contributed by atoms with Gasteiger partial charge in [0.15, 0.2) is 8.24 Å². The number of hydrogen-bond donors (Lipinski definition) is 1. The normalized spacial score (nSPS) is 16.4. The van der Waals surface area contributed by atoms with Crippen LogP contribution >= 0.6 is 11.3 Å². The molecule has 0 fully saturated rings. The van der Waals surface area contributed by atoms with Crippen LogP contribution in [-0.4, -0.2) is 12.4 Å². The van der Waals surface area contributed by atoms with E-state index in [0.29, 0.717) is 0 Å². The molecule has 104 valence electrons. The predicted molar refractivity (Wildman–Crippen MR) is 83.9 cm³/mol. The predicted octanol–water partition coefficient (Wildman–Crippen LogP) is 4.02. The van der Waals surface area contributed by atoms with Gasteiger partial charge in [0.1, 0.15) is 14.1 Å². The maximum atomic E-state index is 12.7. The topological polar surface area (TPSA) is 55.5 Å². The lowest BCUT2D eigenvalue weighted by atomic mass is 10.2. The summed E-state index contributed by atoms with van der Waals surface area (Å²) in [5.41, 5.74) is 1.06. The van der Waals surface area contributed by atoms with E-state index in [9.17, 15) is 4.21 Å². The molecule has 0 aromatic carbocycles. The third-order valence-corrected chi connectivity index (χ3v) is 12.7. The van der Waals surface area contributed by atoms with Crippen LogP contribution in [0.3, 0.4) is 0 Å². The summed E-state index contributed by atoms with van der Waals surface area (Å²) < 4.78 is 18.1. The van der Waals surface area contributed by atoms with Crippen molar-refractivity contribution in [2.24, 2.45) is 9.17 Å². The molecular formula is C12H24N2OS2Si. The molecule has 0 saturated heterocycles. The molecule has 18 heavy (non-hydrogen) atoms. The summed E-state index contributed by atoms with van der Waals surface area (Å²) in [5, 5.41) is 8.05. The van der Waals surface area contributed by atoms with Gasteiger partial charge in [0.25, 0.3) is 0 Å². The van der Waals surface area contributed by atoms with E-state index in [1.807, 2.05) is 18.4 Å². The van der Waals surface area contributed by atoms with E-state index in [0.717, 1.165) is 16.2 Å². The van der Waals surface area contributed by atoms with Crippen molar-refractivity contribution in [3.8, 4) is 0 Å². The minimum atomic E-state index is -2.75. The highest BCUT2D eigenvalue weighted by atomic mass is 32.2. The Morgan fingerprint density at radius 1 is 1.44 bits per heavy atom. The van der Waals surface area contributed by atoms with Crippen LogP contribution in [0.1, 0.15) is 33.3 Å². The van der Waals surface area contributed by atoms with Crippen molar-refractivity contribution >= 4 is 29.5 Å². The zero-order chi connectivity index (χ0) is 14.2. The molecule has 6 heteroatoms. The zero-order valence-corrected chi connectivity index (χ0v) is 14.7. The fourth-order valence-corrected chi connectivity index (χ4v) is 7.86. The second-order valence-electron chi connectivity index (χ2n) is 6.06. The maximum Gasteiger partial charge on any atom is 0.195 e. The maximum absolute atomic E-state index is 12.7. The molecule has 0 aliphatic carbocycles. The van der Waals surface area contributed by atoms with Gasteiger partial charge in [-0.2, -0.15) is 0 Å². The van der Waals surface area contributed by atoms with Crippen LogP contribution in [0.15, 0.2) is 19.7 Å². The number of thiophene rings is 1. The smallest absolute Gasteiger partial charge is 0.195 e. The number of nitrogens with two attached hydrogens (primary N) is 1. The lowest BCUT2D eigenvalue weighted by molar-refractivity contribution is 0.676. The fourth-order valence-electron chi connectivity index (χ4n) is 1.36. The van der Waals surface area contributed by atoms with Crippen molar-refractivity contribution < 1.29 is 4.21 Å². The largest absolute Gasteiger partial charge is 0.261 e. The van der Waals surface area contributed by atoms with Gasteiger partial charge >= 0.3 is 0 Å². The molecule has 0 spiro atoms. The summed E-state index contributed by atoms with van der Waals surface area (Å²) in [6, 6.07) is 1.99. The van der Waals surface area contributed by atoms with Crippen LogP contribution in [0.2, 0.25) is 18.1 Å². The highest BCUT2D eigenvalue weighted by Gasteiger charge is 2.37. The molecule has 1 rings (SSSR count). The molecule has 0 saturated carbocycles. The van der Waals surface area contributed by atoms with E-state index in [1.165, 1.54) is 11.3 Å². The van der Waals surface area contributed by atoms with E-state index in [1.54, 1.807) is 0 Å². The van der Waals surface area contributed by atoms with Gasteiger partial charge in [0.05, 0.1) is 0 Å². The Bertz CT molecular complexity index is 535. The molecular weight excluding hydrogens is 280 g/mol. The van der Waals surface area contributed by atoms with E-state index in [4.69, 9.17) is 5.14 Å². The third kappa shape index (κ3) is 3.23. The van der Waals surface area contributed by atoms with Gasteiger partial charge in [0.2, 0.25) is 0 Å². The van der Waals surface area contributed by atoms with Gasteiger partial charge in [-0.3, -0.25) is 4.03 Å². The van der Waals surface area contributed by atoms with Crippen molar-refractivity contribution in [1.82, 2.24) is 0 Å². The van der Waals surface area contributed by atoms with Crippen LogP contribution in [0.4, 0.5) is 0 Å². The Kier molecular flexibility index (Phi) is 4.48. The molecule has 1 aromatic heterocycles. The van der Waals surface area contributed by atoms with Gasteiger partial charge in [-0.15, -0.1) is 11.3 Å². The number of rotatable bonds is 3. The molecule has 0 bridgehead atoms. The number of hydrogen-bond acceptors (Lipinski definition) is 3. The Balaban J connectivity index is 3.35. The van der Waals surface area contributed by atoms with Crippen molar-refractivity contribution in [2.75, 3.05) is 0 Å². The lowest BCUT2D eigenvalue weighted by Crippen LogP contribution is -2.37. The molecule has 1 atom stereocenters. The van der Waals surface area contributed by atoms with Crippen molar-refractivity contribution in [3.05, 3.63) is 17.0 Å². The van der Waals surface area contributed by atoms with Crippen LogP contribution < -0.4 is 5.14 Å². The molecule has 1 heterocycles. The molecule has 3 nitrogen and oxygen atoms in total. The van der Waals surface area contributed by atoms with E-state index in [-0.39, 0.29) is 5.04 Å². The second kappa shape index (κ2) is 5.07. The van der Waals surface area contributed by atoms with Crippen molar-refractivity contribution in [1.29, 1.82) is 0 Å². The summed E-state index contributed by atoms with van der Waals surface area (Å²) in [6.07, 6.45) is 0.847. The van der Waals surface area contributed by atoms with Gasteiger partial charge in [0, 0.05) is 0 Å². The van der Waals surface area contributed by atoms with E-state index in [2.05, 4.69) is 37.9 Å². The summed E-state index contributed by atoms with van der Waals surface area (Å²) in [7, 11) is -4.75. The quantitative estimate of drug-likeness (QED) is 0.843. The first-order valence-electron chi connectivity index (χ1n) is 6.14. The molecule has 0 amide bonds. The first-order chi connectivity index (χ1) is 8.01. The zero-order valence-electron chi connectivity index (χ0n) is 12.1. The number of aryl methyl sites for hydroxylation is 1. The minimum Gasteiger partial charge on any atom is -0.261 e. The molecule has 0 aliphatic heterocycles. The highest BCUT2D eigenvalue weighted by molar-refractivity contribution is 7.94. The van der Waals surface area contributed by atoms with Crippen LogP contribution in [-0.2, 0) is 16.3 Å². The first-order valence-corrected chi connectivity index (χ1v) is 11.5. The monoisotopic (exact) mass is 304 g/mol. The highest BCUT2D eigenvalue weighted by Crippen LogP contribution is 2.38.